The second-order valence-corrected chi connectivity index (χ2v) is 4.07. The smallest absolute Gasteiger partial charge is 0.112 e. The minimum atomic E-state index is 0.763. The Labute approximate surface area is 86.4 Å². The van der Waals surface area contributed by atoms with E-state index in [2.05, 4.69) is 20.5 Å². The first-order chi connectivity index (χ1) is 6.77. The first kappa shape index (κ1) is 9.21. The number of hydrogen-bond acceptors (Lipinski definition) is 4. The molecule has 0 aliphatic carbocycles. The van der Waals surface area contributed by atoms with Crippen LogP contribution in [-0.4, -0.2) is 15.2 Å². The number of nitrogens with zero attached hydrogens (tertiary/aromatic N) is 2. The highest BCUT2D eigenvalue weighted by molar-refractivity contribution is 7.09. The van der Waals surface area contributed by atoms with Gasteiger partial charge in [-0.1, -0.05) is 0 Å². The van der Waals surface area contributed by atoms with Gasteiger partial charge in [0.2, 0.25) is 0 Å². The molecule has 0 unspecified atom stereocenters. The van der Waals surface area contributed by atoms with Gasteiger partial charge in [-0.25, -0.2) is 4.98 Å². The van der Waals surface area contributed by atoms with E-state index in [4.69, 9.17) is 0 Å². The van der Waals surface area contributed by atoms with E-state index < -0.39 is 0 Å². The van der Waals surface area contributed by atoms with Crippen LogP contribution in [0.4, 0.5) is 5.69 Å². The predicted octanol–water partition coefficient (Wildman–Crippen LogP) is 2.10. The molecule has 2 heterocycles. The molecule has 2 aromatic heterocycles. The average Bonchev–Trinajstić information content (AvgIpc) is 2.76. The SMILES string of the molecule is Cc1n[nH]c(C)c1NCc1nccs1. The topological polar surface area (TPSA) is 53.6 Å². The van der Waals surface area contributed by atoms with E-state index in [1.54, 1.807) is 11.3 Å². The van der Waals surface area contributed by atoms with Gasteiger partial charge in [0, 0.05) is 11.6 Å². The first-order valence-electron chi connectivity index (χ1n) is 4.41. The molecule has 2 aromatic rings. The minimum absolute atomic E-state index is 0.763. The lowest BCUT2D eigenvalue weighted by atomic mass is 10.3. The Morgan fingerprint density at radius 1 is 1.50 bits per heavy atom. The summed E-state index contributed by atoms with van der Waals surface area (Å²) in [6.45, 7) is 4.75. The number of rotatable bonds is 3. The summed E-state index contributed by atoms with van der Waals surface area (Å²) in [4.78, 5) is 4.20. The maximum Gasteiger partial charge on any atom is 0.112 e. The zero-order valence-corrected chi connectivity index (χ0v) is 8.98. The van der Waals surface area contributed by atoms with Crippen LogP contribution < -0.4 is 5.32 Å². The Balaban J connectivity index is 2.05. The third-order valence-corrected chi connectivity index (χ3v) is 2.81. The van der Waals surface area contributed by atoms with Gasteiger partial charge in [-0.2, -0.15) is 5.10 Å². The maximum absolute atomic E-state index is 4.20. The Kier molecular flexibility index (Phi) is 2.49. The normalized spacial score (nSPS) is 10.4. The van der Waals surface area contributed by atoms with Crippen molar-refractivity contribution >= 4 is 17.0 Å². The number of aromatic nitrogens is 3. The van der Waals surface area contributed by atoms with Crippen molar-refractivity contribution in [1.82, 2.24) is 15.2 Å². The largest absolute Gasteiger partial charge is 0.376 e. The lowest BCUT2D eigenvalue weighted by Gasteiger charge is -2.03. The molecule has 2 N–H and O–H groups in total. The molecule has 0 saturated heterocycles. The molecule has 5 heteroatoms. The molecule has 0 aromatic carbocycles. The molecule has 0 atom stereocenters. The van der Waals surface area contributed by atoms with Crippen molar-refractivity contribution < 1.29 is 0 Å². The van der Waals surface area contributed by atoms with Crippen LogP contribution in [0.3, 0.4) is 0 Å². The number of aryl methyl sites for hydroxylation is 2. The van der Waals surface area contributed by atoms with E-state index in [1.165, 1.54) is 0 Å². The van der Waals surface area contributed by atoms with Gasteiger partial charge < -0.3 is 5.32 Å². The summed E-state index contributed by atoms with van der Waals surface area (Å²) >= 11 is 1.65. The molecule has 0 aliphatic rings. The Hall–Kier alpha value is -1.36. The minimum Gasteiger partial charge on any atom is -0.376 e. The van der Waals surface area contributed by atoms with Crippen LogP contribution in [0.25, 0.3) is 0 Å². The van der Waals surface area contributed by atoms with E-state index in [1.807, 2.05) is 25.4 Å². The standard InChI is InChI=1S/C9H12N4S/c1-6-9(7(2)13-12-6)11-5-8-10-3-4-14-8/h3-4,11H,5H2,1-2H3,(H,12,13). The highest BCUT2D eigenvalue weighted by atomic mass is 32.1. The number of thiazole rings is 1. The number of H-pyrrole nitrogens is 1. The third-order valence-electron chi connectivity index (χ3n) is 2.03. The molecule has 14 heavy (non-hydrogen) atoms. The van der Waals surface area contributed by atoms with Gasteiger partial charge in [-0.3, -0.25) is 5.10 Å². The van der Waals surface area contributed by atoms with Gasteiger partial charge in [0.15, 0.2) is 0 Å². The van der Waals surface area contributed by atoms with Crippen LogP contribution in [0, 0.1) is 13.8 Å². The van der Waals surface area contributed by atoms with Gasteiger partial charge in [0.05, 0.1) is 23.6 Å². The summed E-state index contributed by atoms with van der Waals surface area (Å²) in [5, 5.41) is 13.4. The van der Waals surface area contributed by atoms with Crippen LogP contribution in [0.15, 0.2) is 11.6 Å². The summed E-state index contributed by atoms with van der Waals surface area (Å²) in [6.07, 6.45) is 1.82. The molecule has 74 valence electrons. The van der Waals surface area contributed by atoms with Gasteiger partial charge in [0.1, 0.15) is 5.01 Å². The number of aromatic amines is 1. The van der Waals surface area contributed by atoms with Crippen LogP contribution in [0.2, 0.25) is 0 Å². The van der Waals surface area contributed by atoms with Crippen LogP contribution >= 0.6 is 11.3 Å². The molecule has 0 bridgehead atoms. The second-order valence-electron chi connectivity index (χ2n) is 3.09. The highest BCUT2D eigenvalue weighted by Gasteiger charge is 2.05. The fourth-order valence-electron chi connectivity index (χ4n) is 1.32. The van der Waals surface area contributed by atoms with E-state index in [-0.39, 0.29) is 0 Å². The van der Waals surface area contributed by atoms with Gasteiger partial charge in [-0.15, -0.1) is 11.3 Å². The van der Waals surface area contributed by atoms with Crippen LogP contribution in [0.5, 0.6) is 0 Å². The van der Waals surface area contributed by atoms with Gasteiger partial charge >= 0.3 is 0 Å². The summed E-state index contributed by atoms with van der Waals surface area (Å²) in [5.41, 5.74) is 3.15. The molecule has 4 nitrogen and oxygen atoms in total. The molecular formula is C9H12N4S. The van der Waals surface area contributed by atoms with Crippen molar-refractivity contribution in [1.29, 1.82) is 0 Å². The molecule has 0 fully saturated rings. The first-order valence-corrected chi connectivity index (χ1v) is 5.29. The number of nitrogens with one attached hydrogen (secondary N) is 2. The van der Waals surface area contributed by atoms with Crippen molar-refractivity contribution in [2.75, 3.05) is 5.32 Å². The summed E-state index contributed by atoms with van der Waals surface area (Å²) in [6, 6.07) is 0. The zero-order chi connectivity index (χ0) is 9.97. The monoisotopic (exact) mass is 208 g/mol. The quantitative estimate of drug-likeness (QED) is 0.812. The number of hydrogen-bond donors (Lipinski definition) is 2. The van der Waals surface area contributed by atoms with Crippen molar-refractivity contribution in [3.05, 3.63) is 28.0 Å². The summed E-state index contributed by atoms with van der Waals surface area (Å²) in [5.74, 6) is 0. The van der Waals surface area contributed by atoms with Gasteiger partial charge in [0.25, 0.3) is 0 Å². The predicted molar refractivity (Wildman–Crippen MR) is 57.5 cm³/mol. The molecule has 0 aliphatic heterocycles. The van der Waals surface area contributed by atoms with E-state index >= 15 is 0 Å². The van der Waals surface area contributed by atoms with E-state index in [0.29, 0.717) is 0 Å². The fraction of sp³-hybridized carbons (Fsp3) is 0.333. The number of anilines is 1. The third kappa shape index (κ3) is 1.77. The summed E-state index contributed by atoms with van der Waals surface area (Å²) in [7, 11) is 0. The fourth-order valence-corrected chi connectivity index (χ4v) is 1.87. The van der Waals surface area contributed by atoms with Crippen molar-refractivity contribution in [2.24, 2.45) is 0 Å². The molecule has 0 radical (unpaired) electrons. The molecule has 2 rings (SSSR count). The lowest BCUT2D eigenvalue weighted by molar-refractivity contribution is 1.02. The Bertz CT molecular complexity index is 385. The second kappa shape index (κ2) is 3.79. The Morgan fingerprint density at radius 3 is 2.93 bits per heavy atom. The summed E-state index contributed by atoms with van der Waals surface area (Å²) < 4.78 is 0. The molecule has 0 spiro atoms. The Morgan fingerprint density at radius 2 is 2.36 bits per heavy atom. The molecular weight excluding hydrogens is 196 g/mol. The maximum atomic E-state index is 4.20. The van der Waals surface area contributed by atoms with Crippen molar-refractivity contribution in [3.8, 4) is 0 Å². The van der Waals surface area contributed by atoms with E-state index in [9.17, 15) is 0 Å². The average molecular weight is 208 g/mol. The van der Waals surface area contributed by atoms with Gasteiger partial charge in [-0.05, 0) is 13.8 Å². The van der Waals surface area contributed by atoms with Crippen molar-refractivity contribution in [3.63, 3.8) is 0 Å². The van der Waals surface area contributed by atoms with Crippen LogP contribution in [0.1, 0.15) is 16.4 Å². The highest BCUT2D eigenvalue weighted by Crippen LogP contribution is 2.17. The zero-order valence-electron chi connectivity index (χ0n) is 8.16. The molecule has 0 amide bonds. The van der Waals surface area contributed by atoms with E-state index in [0.717, 1.165) is 28.6 Å². The van der Waals surface area contributed by atoms with Crippen molar-refractivity contribution in [2.45, 2.75) is 20.4 Å². The molecule has 0 saturated carbocycles. The lowest BCUT2D eigenvalue weighted by Crippen LogP contribution is -2.00. The van der Waals surface area contributed by atoms with Crippen LogP contribution in [-0.2, 0) is 6.54 Å².